The molecule has 0 bridgehead atoms. The van der Waals surface area contributed by atoms with Gasteiger partial charge in [0.05, 0.1) is 23.3 Å². The average Bonchev–Trinajstić information content (AvgIpc) is 3.06. The first-order valence-corrected chi connectivity index (χ1v) is 12.7. The third-order valence-electron chi connectivity index (χ3n) is 6.52. The predicted molar refractivity (Wildman–Crippen MR) is 139 cm³/mol. The van der Waals surface area contributed by atoms with Gasteiger partial charge in [-0.2, -0.15) is 0 Å². The number of aromatic nitrogens is 4. The highest BCUT2D eigenvalue weighted by Crippen LogP contribution is 2.34. The maximum absolute atomic E-state index is 13.8. The Morgan fingerprint density at radius 3 is 2.60 bits per heavy atom. The molecule has 0 N–H and O–H groups in total. The fraction of sp³-hybridized carbons (Fsp3) is 0.231. The number of nitrogens with zero attached hydrogens (tertiary/aromatic N) is 4. The van der Waals surface area contributed by atoms with Crippen LogP contribution in [0.4, 0.5) is 0 Å². The van der Waals surface area contributed by atoms with Crippen molar-refractivity contribution in [2.75, 3.05) is 0 Å². The second-order valence-electron chi connectivity index (χ2n) is 8.74. The summed E-state index contributed by atoms with van der Waals surface area (Å²) in [5.74, 6) is 0. The molecule has 176 valence electrons. The quantitative estimate of drug-likeness (QED) is 0.345. The number of benzene rings is 1. The van der Waals surface area contributed by atoms with Gasteiger partial charge in [0.2, 0.25) is 0 Å². The lowest BCUT2D eigenvalue weighted by Gasteiger charge is -2.13. The lowest BCUT2D eigenvalue weighted by atomic mass is 10.1. The predicted octanol–water partition coefficient (Wildman–Crippen LogP) is 4.19. The van der Waals surface area contributed by atoms with E-state index in [9.17, 15) is 14.4 Å². The van der Waals surface area contributed by atoms with E-state index < -0.39 is 5.69 Å². The smallest absolute Gasteiger partial charge is 0.278 e. The van der Waals surface area contributed by atoms with Crippen LogP contribution in [0.3, 0.4) is 0 Å². The summed E-state index contributed by atoms with van der Waals surface area (Å²) in [5, 5.41) is 1.12. The summed E-state index contributed by atoms with van der Waals surface area (Å²) in [6.45, 7) is 0.0865. The van der Waals surface area contributed by atoms with Crippen LogP contribution in [0.1, 0.15) is 35.4 Å². The second-order valence-corrected chi connectivity index (χ2v) is 10.3. The monoisotopic (exact) mass is 504 g/mol. The Kier molecular flexibility index (Phi) is 5.42. The summed E-state index contributed by atoms with van der Waals surface area (Å²) in [6, 6.07) is 13.5. The molecule has 4 heterocycles. The van der Waals surface area contributed by atoms with Gasteiger partial charge in [-0.05, 0) is 67.6 Å². The van der Waals surface area contributed by atoms with Gasteiger partial charge < -0.3 is 0 Å². The van der Waals surface area contributed by atoms with Crippen molar-refractivity contribution in [3.63, 3.8) is 0 Å². The number of pyridine rings is 1. The van der Waals surface area contributed by atoms with E-state index in [1.807, 2.05) is 6.07 Å². The van der Waals surface area contributed by atoms with Crippen molar-refractivity contribution < 1.29 is 0 Å². The van der Waals surface area contributed by atoms with E-state index in [-0.39, 0.29) is 17.7 Å². The van der Waals surface area contributed by atoms with E-state index in [0.29, 0.717) is 32.3 Å². The molecule has 6 rings (SSSR count). The van der Waals surface area contributed by atoms with Gasteiger partial charge in [0.15, 0.2) is 0 Å². The van der Waals surface area contributed by atoms with Crippen molar-refractivity contribution in [2.24, 2.45) is 0 Å². The van der Waals surface area contributed by atoms with Gasteiger partial charge in [-0.1, -0.05) is 24.1 Å². The highest BCUT2D eigenvalue weighted by Gasteiger charge is 2.24. The Labute approximate surface area is 208 Å². The highest BCUT2D eigenvalue weighted by molar-refractivity contribution is 7.18. The molecule has 1 aromatic carbocycles. The molecule has 0 atom stereocenters. The van der Waals surface area contributed by atoms with Gasteiger partial charge in [-0.15, -0.1) is 11.3 Å². The van der Waals surface area contributed by atoms with Gasteiger partial charge in [0, 0.05) is 22.2 Å². The summed E-state index contributed by atoms with van der Waals surface area (Å²) in [7, 11) is 0. The number of thiophene rings is 1. The van der Waals surface area contributed by atoms with Crippen LogP contribution < -0.4 is 16.8 Å². The Morgan fingerprint density at radius 2 is 1.77 bits per heavy atom. The molecule has 0 unspecified atom stereocenters. The molecule has 0 saturated heterocycles. The van der Waals surface area contributed by atoms with Crippen LogP contribution in [0.15, 0.2) is 69.1 Å². The minimum Gasteiger partial charge on any atom is -0.278 e. The Hall–Kier alpha value is -3.49. The molecule has 5 aromatic rings. The summed E-state index contributed by atoms with van der Waals surface area (Å²) in [5.41, 5.74) is 1.49. The number of halogens is 1. The number of hydrogen-bond donors (Lipinski definition) is 0. The summed E-state index contributed by atoms with van der Waals surface area (Å²) in [4.78, 5) is 46.7. The summed E-state index contributed by atoms with van der Waals surface area (Å²) in [6.07, 6.45) is 6.59. The van der Waals surface area contributed by atoms with Gasteiger partial charge in [-0.25, -0.2) is 14.3 Å². The van der Waals surface area contributed by atoms with Gasteiger partial charge in [0.25, 0.3) is 11.1 Å². The zero-order chi connectivity index (χ0) is 24.1. The van der Waals surface area contributed by atoms with E-state index in [4.69, 9.17) is 11.6 Å². The zero-order valence-corrected chi connectivity index (χ0v) is 20.3. The largest absolute Gasteiger partial charge is 0.337 e. The minimum atomic E-state index is -0.462. The van der Waals surface area contributed by atoms with Crippen LogP contribution in [-0.4, -0.2) is 18.5 Å². The van der Waals surface area contributed by atoms with Gasteiger partial charge in [-0.3, -0.25) is 18.6 Å². The third kappa shape index (κ3) is 3.73. The van der Waals surface area contributed by atoms with Gasteiger partial charge in [0.1, 0.15) is 10.5 Å². The molecule has 0 aliphatic heterocycles. The number of rotatable bonds is 3. The highest BCUT2D eigenvalue weighted by atomic mass is 35.5. The second kappa shape index (κ2) is 8.62. The van der Waals surface area contributed by atoms with Crippen molar-refractivity contribution in [3.05, 3.63) is 107 Å². The number of fused-ring (bicyclic) bond motifs is 4. The van der Waals surface area contributed by atoms with Crippen LogP contribution in [0.2, 0.25) is 5.02 Å². The van der Waals surface area contributed by atoms with E-state index >= 15 is 0 Å². The first kappa shape index (κ1) is 22.0. The van der Waals surface area contributed by atoms with Crippen molar-refractivity contribution in [3.8, 4) is 5.69 Å². The normalized spacial score (nSPS) is 13.7. The average molecular weight is 505 g/mol. The molecular weight excluding hydrogens is 484 g/mol. The molecule has 0 fully saturated rings. The fourth-order valence-electron chi connectivity index (χ4n) is 4.85. The molecule has 0 radical (unpaired) electrons. The van der Waals surface area contributed by atoms with Crippen molar-refractivity contribution in [2.45, 2.75) is 38.6 Å². The van der Waals surface area contributed by atoms with Crippen LogP contribution >= 0.6 is 22.9 Å². The Balaban J connectivity index is 1.64. The Bertz CT molecular complexity index is 1780. The van der Waals surface area contributed by atoms with E-state index in [0.717, 1.165) is 37.7 Å². The third-order valence-corrected chi connectivity index (χ3v) is 8.08. The van der Waals surface area contributed by atoms with E-state index in [2.05, 4.69) is 4.98 Å². The van der Waals surface area contributed by atoms with Crippen LogP contribution in [0.25, 0.3) is 21.6 Å². The van der Waals surface area contributed by atoms with E-state index in [1.54, 1.807) is 47.2 Å². The van der Waals surface area contributed by atoms with E-state index in [1.165, 1.54) is 31.2 Å². The molecule has 1 aliphatic carbocycles. The van der Waals surface area contributed by atoms with Crippen molar-refractivity contribution in [1.82, 2.24) is 18.5 Å². The van der Waals surface area contributed by atoms with Crippen LogP contribution in [0.5, 0.6) is 0 Å². The Morgan fingerprint density at radius 1 is 0.971 bits per heavy atom. The maximum atomic E-state index is 13.8. The molecule has 0 spiro atoms. The molecule has 35 heavy (non-hydrogen) atoms. The molecule has 4 aromatic heterocycles. The van der Waals surface area contributed by atoms with Crippen LogP contribution in [0, 0.1) is 0 Å². The first-order valence-electron chi connectivity index (χ1n) is 11.5. The van der Waals surface area contributed by atoms with Crippen LogP contribution in [-0.2, 0) is 19.4 Å². The first-order chi connectivity index (χ1) is 17.0. The molecular formula is C26H21ClN4O3S. The molecule has 7 nitrogen and oxygen atoms in total. The summed E-state index contributed by atoms with van der Waals surface area (Å²) >= 11 is 7.58. The fourth-order valence-corrected chi connectivity index (χ4v) is 6.35. The number of aryl methyl sites for hydroxylation is 2. The lowest BCUT2D eigenvalue weighted by Crippen LogP contribution is -2.39. The minimum absolute atomic E-state index is 0.0865. The molecule has 0 amide bonds. The maximum Gasteiger partial charge on any atom is 0.337 e. The number of hydrogen-bond acceptors (Lipinski definition) is 5. The van der Waals surface area contributed by atoms with Crippen molar-refractivity contribution >= 4 is 38.8 Å². The molecule has 1 aliphatic rings. The molecule has 9 heteroatoms. The summed E-state index contributed by atoms with van der Waals surface area (Å²) < 4.78 is 4.26. The lowest BCUT2D eigenvalue weighted by molar-refractivity contribution is 0.700. The topological polar surface area (TPSA) is 78.4 Å². The SMILES string of the molecule is O=c1c2c3c(sc2n(Cc2cc(=O)n4ccccc4n2)c(=O)n1-c1ccc(Cl)cc1)CCCCC3. The van der Waals surface area contributed by atoms with Gasteiger partial charge >= 0.3 is 5.69 Å². The standard InChI is InChI=1S/C26H21ClN4O3S/c27-16-9-11-18(12-10-16)31-24(33)23-19-6-2-1-3-7-20(19)35-25(23)30(26(31)34)15-17-14-22(32)29-13-5-4-8-21(29)28-17/h4-5,8-14H,1-3,6-7,15H2. The zero-order valence-electron chi connectivity index (χ0n) is 18.7. The van der Waals surface area contributed by atoms with Crippen molar-refractivity contribution in [1.29, 1.82) is 0 Å². The molecule has 0 saturated carbocycles.